The maximum Gasteiger partial charge on any atom is 0.319 e. The molecule has 2 unspecified atom stereocenters. The minimum atomic E-state index is -4.20. The largest absolute Gasteiger partial charge is 0.434 e. The number of rotatable bonds is 13. The summed E-state index contributed by atoms with van der Waals surface area (Å²) in [4.78, 5) is 16.8. The topological polar surface area (TPSA) is 146 Å². The first-order valence-corrected chi connectivity index (χ1v) is 12.7. The molecule has 1 aromatic carbocycles. The number of hydrogen-bond donors (Lipinski definition) is 2. The molecule has 3 aromatic rings. The summed E-state index contributed by atoms with van der Waals surface area (Å²) >= 11 is 0. The van der Waals surface area contributed by atoms with Crippen molar-refractivity contribution in [2.24, 2.45) is 0 Å². The minimum Gasteiger partial charge on any atom is -0.434 e. The van der Waals surface area contributed by atoms with Crippen molar-refractivity contribution in [3.05, 3.63) is 71.3 Å². The van der Waals surface area contributed by atoms with E-state index < -0.39 is 21.7 Å². The maximum atomic E-state index is 11.5. The first kappa shape index (κ1) is 27.1. The van der Waals surface area contributed by atoms with Gasteiger partial charge in [0.25, 0.3) is 10.1 Å². The third-order valence-corrected chi connectivity index (χ3v) is 6.19. The molecule has 0 bridgehead atoms. The van der Waals surface area contributed by atoms with Crippen LogP contribution in [0, 0.1) is 0 Å². The Morgan fingerprint density at radius 3 is 2.53 bits per heavy atom. The Balaban J connectivity index is 1.44. The average Bonchev–Trinajstić information content (AvgIpc) is 2.87. The zero-order valence-electron chi connectivity index (χ0n) is 20.2. The molecule has 11 nitrogen and oxygen atoms in total. The molecule has 2 heterocycles. The smallest absolute Gasteiger partial charge is 0.319 e. The van der Waals surface area contributed by atoms with Crippen molar-refractivity contribution >= 4 is 28.2 Å². The summed E-state index contributed by atoms with van der Waals surface area (Å²) in [7, 11) is -2.45. The van der Waals surface area contributed by atoms with Crippen molar-refractivity contribution in [2.75, 3.05) is 25.6 Å². The number of nitrogens with one attached hydrogen (secondary N) is 1. The second-order valence-corrected chi connectivity index (χ2v) is 9.39. The number of ether oxygens (including phenoxy) is 3. The van der Waals surface area contributed by atoms with Gasteiger partial charge in [-0.3, -0.25) is 4.55 Å². The molecule has 3 rings (SSSR count). The van der Waals surface area contributed by atoms with E-state index in [1.807, 2.05) is 6.08 Å². The van der Waals surface area contributed by atoms with Gasteiger partial charge in [0.15, 0.2) is 6.29 Å². The summed E-state index contributed by atoms with van der Waals surface area (Å²) in [5, 5.41) is 1.82. The second-order valence-electron chi connectivity index (χ2n) is 7.65. The van der Waals surface area contributed by atoms with Gasteiger partial charge in [-0.15, -0.1) is 0 Å². The molecule has 12 heteroatoms. The van der Waals surface area contributed by atoms with Crippen LogP contribution in [0.4, 0.5) is 5.95 Å². The molecule has 0 saturated carbocycles. The molecule has 2 atom stereocenters. The molecule has 0 saturated heterocycles. The van der Waals surface area contributed by atoms with Gasteiger partial charge in [-0.2, -0.15) is 13.4 Å². The summed E-state index contributed by atoms with van der Waals surface area (Å²) in [6.07, 6.45) is 7.98. The molecule has 36 heavy (non-hydrogen) atoms. The summed E-state index contributed by atoms with van der Waals surface area (Å²) in [5.74, 6) is 0.542. The highest BCUT2D eigenvalue weighted by Crippen LogP contribution is 2.24. The Morgan fingerprint density at radius 1 is 1.06 bits per heavy atom. The lowest BCUT2D eigenvalue weighted by Gasteiger charge is -2.16. The fourth-order valence-electron chi connectivity index (χ4n) is 3.10. The van der Waals surface area contributed by atoms with E-state index >= 15 is 0 Å². The molecule has 0 radical (unpaired) electrons. The highest BCUT2D eigenvalue weighted by atomic mass is 32.2. The van der Waals surface area contributed by atoms with Crippen LogP contribution < -0.4 is 10.1 Å². The Labute approximate surface area is 210 Å². The first-order chi connectivity index (χ1) is 17.3. The van der Waals surface area contributed by atoms with Crippen molar-refractivity contribution in [3.63, 3.8) is 0 Å². The van der Waals surface area contributed by atoms with E-state index in [4.69, 9.17) is 14.2 Å². The van der Waals surface area contributed by atoms with Gasteiger partial charge in [-0.1, -0.05) is 24.3 Å². The molecule has 2 N–H and O–H groups in total. The van der Waals surface area contributed by atoms with Gasteiger partial charge < -0.3 is 19.5 Å². The summed E-state index contributed by atoms with van der Waals surface area (Å²) in [5.41, 5.74) is 2.63. The van der Waals surface area contributed by atoms with Crippen LogP contribution >= 0.6 is 0 Å². The minimum absolute atomic E-state index is 0.167. The quantitative estimate of drug-likeness (QED) is 0.196. The SMILES string of the molecule is CNc1ncc(/C=C/c2ccnc(OC(C)OCCOCc3ccccc3C(C)S(=O)(=O)O)n2)cn1. The lowest BCUT2D eigenvalue weighted by molar-refractivity contribution is -0.0887. The molecule has 0 aliphatic carbocycles. The normalized spacial score (nSPS) is 13.4. The summed E-state index contributed by atoms with van der Waals surface area (Å²) in [6.45, 7) is 3.81. The number of aromatic nitrogens is 4. The van der Waals surface area contributed by atoms with Crippen LogP contribution in [0.1, 0.15) is 41.5 Å². The van der Waals surface area contributed by atoms with Crippen LogP contribution in [-0.4, -0.2) is 59.5 Å². The fourth-order valence-corrected chi connectivity index (χ4v) is 3.65. The maximum absolute atomic E-state index is 11.5. The van der Waals surface area contributed by atoms with Crippen molar-refractivity contribution in [1.82, 2.24) is 19.9 Å². The number of nitrogens with zero attached hydrogens (tertiary/aromatic N) is 4. The molecular formula is C24H29N5O6S. The molecule has 192 valence electrons. The summed E-state index contributed by atoms with van der Waals surface area (Å²) < 4.78 is 49.2. The van der Waals surface area contributed by atoms with Gasteiger partial charge in [0.2, 0.25) is 5.95 Å². The van der Waals surface area contributed by atoms with Gasteiger partial charge >= 0.3 is 6.01 Å². The van der Waals surface area contributed by atoms with Crippen molar-refractivity contribution < 1.29 is 27.2 Å². The van der Waals surface area contributed by atoms with Crippen LogP contribution in [0.15, 0.2) is 48.9 Å². The lowest BCUT2D eigenvalue weighted by atomic mass is 10.1. The Morgan fingerprint density at radius 2 is 1.81 bits per heavy atom. The van der Waals surface area contributed by atoms with Crippen LogP contribution in [-0.2, 0) is 26.2 Å². The van der Waals surface area contributed by atoms with Gasteiger partial charge in [0, 0.05) is 31.2 Å². The molecule has 2 aromatic heterocycles. The second kappa shape index (κ2) is 13.0. The van der Waals surface area contributed by atoms with Crippen LogP contribution in [0.2, 0.25) is 0 Å². The molecule has 0 spiro atoms. The van der Waals surface area contributed by atoms with Crippen molar-refractivity contribution in [3.8, 4) is 6.01 Å². The predicted octanol–water partition coefficient (Wildman–Crippen LogP) is 3.39. The lowest BCUT2D eigenvalue weighted by Crippen LogP contribution is -2.20. The van der Waals surface area contributed by atoms with Gasteiger partial charge in [0.05, 0.1) is 25.5 Å². The number of anilines is 1. The Bertz CT molecular complexity index is 1250. The molecular weight excluding hydrogens is 486 g/mol. The van der Waals surface area contributed by atoms with E-state index in [0.29, 0.717) is 22.8 Å². The Kier molecular flexibility index (Phi) is 9.82. The van der Waals surface area contributed by atoms with Crippen molar-refractivity contribution in [1.29, 1.82) is 0 Å². The van der Waals surface area contributed by atoms with Crippen LogP contribution in [0.3, 0.4) is 0 Å². The fraction of sp³-hybridized carbons (Fsp3) is 0.333. The Hall–Kier alpha value is -3.45. The molecule has 0 amide bonds. The first-order valence-electron chi connectivity index (χ1n) is 11.2. The average molecular weight is 516 g/mol. The standard InChI is InChI=1S/C24H29N5O6S/c1-17(36(30,31)32)22-7-5-4-6-20(22)16-33-12-13-34-18(2)35-24-26-11-10-21(29-24)9-8-19-14-27-23(25-3)28-15-19/h4-11,14-15,17-18H,12-13,16H2,1-3H3,(H,25,27,28)(H,30,31,32)/b9-8+. The monoisotopic (exact) mass is 515 g/mol. The number of hydrogen-bond acceptors (Lipinski definition) is 10. The van der Waals surface area contributed by atoms with E-state index in [-0.39, 0.29) is 25.8 Å². The van der Waals surface area contributed by atoms with E-state index in [0.717, 1.165) is 5.56 Å². The van der Waals surface area contributed by atoms with E-state index in [9.17, 15) is 13.0 Å². The third-order valence-electron chi connectivity index (χ3n) is 5.05. The third kappa shape index (κ3) is 8.34. The number of benzene rings is 1. The van der Waals surface area contributed by atoms with E-state index in [1.54, 1.807) is 69.0 Å². The highest BCUT2D eigenvalue weighted by Gasteiger charge is 2.22. The van der Waals surface area contributed by atoms with E-state index in [1.165, 1.54) is 6.92 Å². The molecule has 0 fully saturated rings. The van der Waals surface area contributed by atoms with Crippen LogP contribution in [0.25, 0.3) is 12.2 Å². The van der Waals surface area contributed by atoms with E-state index in [2.05, 4.69) is 25.3 Å². The zero-order valence-corrected chi connectivity index (χ0v) is 21.1. The van der Waals surface area contributed by atoms with Crippen molar-refractivity contribution in [2.45, 2.75) is 32.0 Å². The molecule has 0 aliphatic rings. The zero-order chi connectivity index (χ0) is 26.0. The highest BCUT2D eigenvalue weighted by molar-refractivity contribution is 7.86. The summed E-state index contributed by atoms with van der Waals surface area (Å²) in [6, 6.07) is 8.81. The van der Waals surface area contributed by atoms with Gasteiger partial charge in [-0.05, 0) is 43.2 Å². The van der Waals surface area contributed by atoms with Gasteiger partial charge in [0.1, 0.15) is 5.25 Å². The predicted molar refractivity (Wildman–Crippen MR) is 135 cm³/mol. The molecule has 0 aliphatic heterocycles. The van der Waals surface area contributed by atoms with Crippen LogP contribution in [0.5, 0.6) is 6.01 Å². The van der Waals surface area contributed by atoms with Gasteiger partial charge in [-0.25, -0.2) is 15.0 Å².